The summed E-state index contributed by atoms with van der Waals surface area (Å²) in [4.78, 5) is 1.22. The monoisotopic (exact) mass is 499 g/mol. The molecule has 23 heavy (non-hydrogen) atoms. The Morgan fingerprint density at radius 3 is 2.70 bits per heavy atom. The number of thiophene rings is 1. The molecular weight excluding hydrogens is 485 g/mol. The zero-order chi connectivity index (χ0) is 15.8. The van der Waals surface area contributed by atoms with Crippen molar-refractivity contribution in [3.8, 4) is 16.3 Å². The lowest BCUT2D eigenvalue weighted by atomic mass is 10.1. The summed E-state index contributed by atoms with van der Waals surface area (Å²) in [6.45, 7) is 1.01. The predicted molar refractivity (Wildman–Crippen MR) is 109 cm³/mol. The topological polar surface area (TPSA) is 29.9 Å². The second kappa shape index (κ2) is 6.57. The zero-order valence-electron chi connectivity index (χ0n) is 12.4. The fourth-order valence-electron chi connectivity index (χ4n) is 2.91. The lowest BCUT2D eigenvalue weighted by Crippen LogP contribution is -2.07. The summed E-state index contributed by atoms with van der Waals surface area (Å²) in [5.74, 6) is 1.16. The summed E-state index contributed by atoms with van der Waals surface area (Å²) in [6.07, 6.45) is 3.49. The van der Waals surface area contributed by atoms with Crippen LogP contribution in [0.1, 0.15) is 18.4 Å². The first-order valence-corrected chi connectivity index (χ1v) is 10.3. The first-order chi connectivity index (χ1) is 11.2. The minimum absolute atomic E-state index is 1.01. The standard InChI is InChI=1S/C17H15BrIN3S/c18-15-9-8-14(23-15)16-13-3-1-2-10-20-17(13)22(21-16)12-6-4-11(19)5-7-12/h4-9,20H,1-3,10H2. The highest BCUT2D eigenvalue weighted by Gasteiger charge is 2.22. The molecule has 2 aromatic heterocycles. The number of hydrogen-bond donors (Lipinski definition) is 1. The molecule has 0 atom stereocenters. The fourth-order valence-corrected chi connectivity index (χ4v) is 4.67. The minimum atomic E-state index is 1.01. The maximum atomic E-state index is 4.96. The Labute approximate surface area is 161 Å². The van der Waals surface area contributed by atoms with Crippen molar-refractivity contribution in [1.29, 1.82) is 0 Å². The molecule has 0 aliphatic carbocycles. The van der Waals surface area contributed by atoms with Crippen molar-refractivity contribution in [3.05, 3.63) is 49.3 Å². The van der Waals surface area contributed by atoms with E-state index >= 15 is 0 Å². The van der Waals surface area contributed by atoms with E-state index in [1.54, 1.807) is 11.3 Å². The van der Waals surface area contributed by atoms with Crippen molar-refractivity contribution >= 4 is 55.7 Å². The highest BCUT2D eigenvalue weighted by Crippen LogP contribution is 2.38. The molecular formula is C17H15BrIN3S. The Morgan fingerprint density at radius 1 is 1.13 bits per heavy atom. The minimum Gasteiger partial charge on any atom is -0.370 e. The number of benzene rings is 1. The van der Waals surface area contributed by atoms with E-state index in [0.29, 0.717) is 0 Å². The molecule has 3 nitrogen and oxygen atoms in total. The number of nitrogens with zero attached hydrogens (tertiary/aromatic N) is 2. The first kappa shape index (κ1) is 15.7. The van der Waals surface area contributed by atoms with E-state index in [0.717, 1.165) is 34.0 Å². The number of halogens is 2. The zero-order valence-corrected chi connectivity index (χ0v) is 16.9. The van der Waals surface area contributed by atoms with E-state index in [9.17, 15) is 0 Å². The fraction of sp³-hybridized carbons (Fsp3) is 0.235. The van der Waals surface area contributed by atoms with Crippen molar-refractivity contribution in [2.24, 2.45) is 0 Å². The summed E-state index contributed by atoms with van der Waals surface area (Å²) in [6, 6.07) is 12.8. The largest absolute Gasteiger partial charge is 0.370 e. The number of hydrogen-bond acceptors (Lipinski definition) is 3. The number of rotatable bonds is 2. The lowest BCUT2D eigenvalue weighted by Gasteiger charge is -2.09. The van der Waals surface area contributed by atoms with Crippen LogP contribution in [-0.4, -0.2) is 16.3 Å². The molecule has 118 valence electrons. The Hall–Kier alpha value is -0.860. The quantitative estimate of drug-likeness (QED) is 0.457. The third-order valence-electron chi connectivity index (χ3n) is 4.01. The van der Waals surface area contributed by atoms with E-state index in [1.165, 1.54) is 26.9 Å². The predicted octanol–water partition coefficient (Wildman–Crippen LogP) is 5.72. The molecule has 1 aliphatic rings. The van der Waals surface area contributed by atoms with Gasteiger partial charge in [0.25, 0.3) is 0 Å². The van der Waals surface area contributed by atoms with E-state index in [-0.39, 0.29) is 0 Å². The Morgan fingerprint density at radius 2 is 1.96 bits per heavy atom. The molecule has 3 aromatic rings. The first-order valence-electron chi connectivity index (χ1n) is 7.60. The second-order valence-corrected chi connectivity index (χ2v) is 9.26. The van der Waals surface area contributed by atoms with Gasteiger partial charge in [-0.05, 0) is 94.2 Å². The van der Waals surface area contributed by atoms with Crippen molar-refractivity contribution in [1.82, 2.24) is 9.78 Å². The van der Waals surface area contributed by atoms with Gasteiger partial charge in [-0.25, -0.2) is 4.68 Å². The highest BCUT2D eigenvalue weighted by molar-refractivity contribution is 14.1. The van der Waals surface area contributed by atoms with Crippen molar-refractivity contribution < 1.29 is 0 Å². The molecule has 0 unspecified atom stereocenters. The second-order valence-electron chi connectivity index (χ2n) is 5.55. The molecule has 1 aliphatic heterocycles. The molecule has 3 heterocycles. The van der Waals surface area contributed by atoms with Crippen molar-refractivity contribution in [2.45, 2.75) is 19.3 Å². The molecule has 1 aromatic carbocycles. The highest BCUT2D eigenvalue weighted by atomic mass is 127. The van der Waals surface area contributed by atoms with Crippen LogP contribution in [0.3, 0.4) is 0 Å². The number of anilines is 1. The molecule has 6 heteroatoms. The molecule has 1 N–H and O–H groups in total. The van der Waals surface area contributed by atoms with Crippen LogP contribution in [0, 0.1) is 3.57 Å². The van der Waals surface area contributed by atoms with Crippen LogP contribution in [0.4, 0.5) is 5.82 Å². The van der Waals surface area contributed by atoms with Crippen LogP contribution in [-0.2, 0) is 6.42 Å². The third-order valence-corrected chi connectivity index (χ3v) is 6.36. The van der Waals surface area contributed by atoms with Gasteiger partial charge in [0.15, 0.2) is 0 Å². The van der Waals surface area contributed by atoms with E-state index in [1.807, 2.05) is 0 Å². The van der Waals surface area contributed by atoms with Gasteiger partial charge in [0.05, 0.1) is 14.4 Å². The van der Waals surface area contributed by atoms with Gasteiger partial charge in [-0.2, -0.15) is 5.10 Å². The van der Waals surface area contributed by atoms with Gasteiger partial charge < -0.3 is 5.32 Å². The molecule has 0 radical (unpaired) electrons. The average molecular weight is 500 g/mol. The van der Waals surface area contributed by atoms with E-state index in [2.05, 4.69) is 84.9 Å². The molecule has 4 rings (SSSR count). The van der Waals surface area contributed by atoms with Gasteiger partial charge in [-0.3, -0.25) is 0 Å². The normalized spacial score (nSPS) is 14.2. The van der Waals surface area contributed by atoms with Gasteiger partial charge in [0.2, 0.25) is 0 Å². The Balaban J connectivity index is 1.89. The molecule has 0 fully saturated rings. The summed E-state index contributed by atoms with van der Waals surface area (Å²) >= 11 is 7.65. The molecule has 0 amide bonds. The number of aromatic nitrogens is 2. The van der Waals surface area contributed by atoms with E-state index < -0.39 is 0 Å². The maximum absolute atomic E-state index is 4.96. The van der Waals surface area contributed by atoms with Crippen LogP contribution in [0.25, 0.3) is 16.3 Å². The smallest absolute Gasteiger partial charge is 0.133 e. The molecule has 0 saturated carbocycles. The Bertz CT molecular complexity index is 838. The van der Waals surface area contributed by atoms with Gasteiger partial charge in [-0.1, -0.05) is 0 Å². The van der Waals surface area contributed by atoms with Crippen molar-refractivity contribution in [3.63, 3.8) is 0 Å². The average Bonchev–Trinajstić information content (AvgIpc) is 3.04. The SMILES string of the molecule is Brc1ccc(-c2nn(-c3ccc(I)cc3)c3c2CCCCN3)s1. The van der Waals surface area contributed by atoms with Crippen LogP contribution >= 0.6 is 49.9 Å². The Kier molecular flexibility index (Phi) is 4.47. The number of nitrogens with one attached hydrogen (secondary N) is 1. The summed E-state index contributed by atoms with van der Waals surface area (Å²) in [5.41, 5.74) is 3.57. The lowest BCUT2D eigenvalue weighted by molar-refractivity contribution is 0.780. The van der Waals surface area contributed by atoms with Gasteiger partial charge in [0, 0.05) is 15.7 Å². The summed E-state index contributed by atoms with van der Waals surface area (Å²) in [5, 5.41) is 8.55. The number of fused-ring (bicyclic) bond motifs is 1. The van der Waals surface area contributed by atoms with Gasteiger partial charge >= 0.3 is 0 Å². The van der Waals surface area contributed by atoms with E-state index in [4.69, 9.17) is 5.10 Å². The van der Waals surface area contributed by atoms with Crippen molar-refractivity contribution in [2.75, 3.05) is 11.9 Å². The molecule has 0 spiro atoms. The summed E-state index contributed by atoms with van der Waals surface area (Å²) in [7, 11) is 0. The maximum Gasteiger partial charge on any atom is 0.133 e. The van der Waals surface area contributed by atoms with Crippen LogP contribution in [0.15, 0.2) is 40.2 Å². The molecule has 0 saturated heterocycles. The van der Waals surface area contributed by atoms with Crippen LogP contribution in [0.2, 0.25) is 0 Å². The third kappa shape index (κ3) is 3.08. The molecule has 0 bridgehead atoms. The van der Waals surface area contributed by atoms with Gasteiger partial charge in [0.1, 0.15) is 11.5 Å². The van der Waals surface area contributed by atoms with Crippen LogP contribution in [0.5, 0.6) is 0 Å². The summed E-state index contributed by atoms with van der Waals surface area (Å²) < 4.78 is 4.45. The van der Waals surface area contributed by atoms with Crippen LogP contribution < -0.4 is 5.32 Å². The van der Waals surface area contributed by atoms with Gasteiger partial charge in [-0.15, -0.1) is 11.3 Å².